The van der Waals surface area contributed by atoms with Gasteiger partial charge >= 0.3 is 6.03 Å². The van der Waals surface area contributed by atoms with E-state index in [2.05, 4.69) is 15.5 Å². The second kappa shape index (κ2) is 9.19. The average Bonchev–Trinajstić information content (AvgIpc) is 2.79. The Morgan fingerprint density at radius 2 is 1.69 bits per heavy atom. The van der Waals surface area contributed by atoms with Crippen molar-refractivity contribution in [3.8, 4) is 5.88 Å². The Hall–Kier alpha value is -3.41. The van der Waals surface area contributed by atoms with Crippen molar-refractivity contribution in [2.24, 2.45) is 0 Å². The highest BCUT2D eigenvalue weighted by Crippen LogP contribution is 2.23. The molecule has 6 heteroatoms. The standard InChI is InChI=1S/C23H24N4O2/c28-23(27-16-8-13-20(17-27)29-21-14-7-15-24-26-21)25-22(18-9-3-1-4-10-18)19-11-5-2-6-12-19/h1-7,9-12,14-15,20,22H,8,13,16-17H2,(H,25,28). The molecular formula is C23H24N4O2. The van der Waals surface area contributed by atoms with E-state index >= 15 is 0 Å². The van der Waals surface area contributed by atoms with Gasteiger partial charge < -0.3 is 15.0 Å². The van der Waals surface area contributed by atoms with Gasteiger partial charge in [-0.3, -0.25) is 0 Å². The van der Waals surface area contributed by atoms with Gasteiger partial charge in [-0.05, 0) is 30.0 Å². The van der Waals surface area contributed by atoms with Crippen LogP contribution in [0.1, 0.15) is 30.0 Å². The van der Waals surface area contributed by atoms with Crippen LogP contribution in [-0.2, 0) is 0 Å². The van der Waals surface area contributed by atoms with Crippen molar-refractivity contribution < 1.29 is 9.53 Å². The summed E-state index contributed by atoms with van der Waals surface area (Å²) in [4.78, 5) is 14.9. The molecule has 148 valence electrons. The molecule has 1 aromatic heterocycles. The minimum absolute atomic E-state index is 0.0851. The number of hydrogen-bond acceptors (Lipinski definition) is 4. The number of piperidine rings is 1. The Balaban J connectivity index is 1.46. The molecule has 1 saturated heterocycles. The number of nitrogens with zero attached hydrogens (tertiary/aromatic N) is 3. The molecule has 2 aromatic carbocycles. The van der Waals surface area contributed by atoms with Crippen LogP contribution in [0.3, 0.4) is 0 Å². The summed E-state index contributed by atoms with van der Waals surface area (Å²) in [7, 11) is 0. The summed E-state index contributed by atoms with van der Waals surface area (Å²) in [5, 5.41) is 11.0. The third-order valence-corrected chi connectivity index (χ3v) is 5.03. The lowest BCUT2D eigenvalue weighted by Crippen LogP contribution is -2.49. The van der Waals surface area contributed by atoms with Crippen molar-refractivity contribution in [1.82, 2.24) is 20.4 Å². The van der Waals surface area contributed by atoms with Crippen LogP contribution in [0.15, 0.2) is 79.0 Å². The Morgan fingerprint density at radius 3 is 2.31 bits per heavy atom. The third kappa shape index (κ3) is 4.90. The first-order valence-corrected chi connectivity index (χ1v) is 9.89. The SMILES string of the molecule is O=C(NC(c1ccccc1)c1ccccc1)N1CCCC(Oc2cccnn2)C1. The predicted molar refractivity (Wildman–Crippen MR) is 111 cm³/mol. The van der Waals surface area contributed by atoms with Crippen LogP contribution in [0.4, 0.5) is 4.79 Å². The molecule has 0 saturated carbocycles. The lowest BCUT2D eigenvalue weighted by Gasteiger charge is -2.34. The van der Waals surface area contributed by atoms with Gasteiger partial charge in [-0.25, -0.2) is 4.79 Å². The van der Waals surface area contributed by atoms with E-state index < -0.39 is 0 Å². The van der Waals surface area contributed by atoms with Crippen LogP contribution >= 0.6 is 0 Å². The fourth-order valence-corrected chi connectivity index (χ4v) is 3.60. The number of likely N-dealkylation sites (tertiary alicyclic amines) is 1. The highest BCUT2D eigenvalue weighted by atomic mass is 16.5. The Kier molecular flexibility index (Phi) is 6.00. The smallest absolute Gasteiger partial charge is 0.318 e. The van der Waals surface area contributed by atoms with E-state index in [0.717, 1.165) is 24.0 Å². The topological polar surface area (TPSA) is 67.4 Å². The van der Waals surface area contributed by atoms with E-state index in [0.29, 0.717) is 19.0 Å². The minimum atomic E-state index is -0.203. The quantitative estimate of drug-likeness (QED) is 0.722. The first kappa shape index (κ1) is 18.9. The molecule has 1 N–H and O–H groups in total. The first-order chi connectivity index (χ1) is 14.3. The minimum Gasteiger partial charge on any atom is -0.471 e. The molecule has 1 fully saturated rings. The molecular weight excluding hydrogens is 364 g/mol. The number of aromatic nitrogens is 2. The van der Waals surface area contributed by atoms with E-state index in [1.807, 2.05) is 65.6 Å². The number of carbonyl (C=O) groups is 1. The number of benzene rings is 2. The largest absolute Gasteiger partial charge is 0.471 e. The van der Waals surface area contributed by atoms with Crippen molar-refractivity contribution in [1.29, 1.82) is 0 Å². The summed E-state index contributed by atoms with van der Waals surface area (Å²) in [6, 6.07) is 23.3. The normalized spacial score (nSPS) is 16.4. The molecule has 0 radical (unpaired) electrons. The maximum absolute atomic E-state index is 13.1. The summed E-state index contributed by atoms with van der Waals surface area (Å²) < 4.78 is 5.91. The van der Waals surface area contributed by atoms with Gasteiger partial charge in [-0.15, -0.1) is 5.10 Å². The summed E-state index contributed by atoms with van der Waals surface area (Å²) in [5.41, 5.74) is 2.10. The van der Waals surface area contributed by atoms with Gasteiger partial charge in [0.15, 0.2) is 0 Å². The maximum Gasteiger partial charge on any atom is 0.318 e. The molecule has 0 spiro atoms. The molecule has 6 nitrogen and oxygen atoms in total. The average molecular weight is 388 g/mol. The van der Waals surface area contributed by atoms with Gasteiger partial charge in [0.05, 0.1) is 12.6 Å². The Morgan fingerprint density at radius 1 is 1.00 bits per heavy atom. The van der Waals surface area contributed by atoms with Crippen molar-refractivity contribution in [2.75, 3.05) is 13.1 Å². The fraction of sp³-hybridized carbons (Fsp3) is 0.261. The van der Waals surface area contributed by atoms with E-state index in [-0.39, 0.29) is 18.2 Å². The number of hydrogen-bond donors (Lipinski definition) is 1. The molecule has 1 aliphatic rings. The highest BCUT2D eigenvalue weighted by Gasteiger charge is 2.27. The van der Waals surface area contributed by atoms with Gasteiger partial charge in [0.25, 0.3) is 0 Å². The highest BCUT2D eigenvalue weighted by molar-refractivity contribution is 5.75. The van der Waals surface area contributed by atoms with Gasteiger partial charge in [0.2, 0.25) is 5.88 Å². The molecule has 0 bridgehead atoms. The van der Waals surface area contributed by atoms with Crippen LogP contribution in [0.2, 0.25) is 0 Å². The van der Waals surface area contributed by atoms with E-state index in [4.69, 9.17) is 4.74 Å². The molecule has 4 rings (SSSR count). The Labute approximate surface area is 170 Å². The van der Waals surface area contributed by atoms with Crippen molar-refractivity contribution in [3.05, 3.63) is 90.1 Å². The number of urea groups is 1. The zero-order valence-corrected chi connectivity index (χ0v) is 16.1. The van der Waals surface area contributed by atoms with Gasteiger partial charge in [-0.1, -0.05) is 60.7 Å². The van der Waals surface area contributed by atoms with Crippen molar-refractivity contribution in [2.45, 2.75) is 25.0 Å². The zero-order valence-electron chi connectivity index (χ0n) is 16.1. The fourth-order valence-electron chi connectivity index (χ4n) is 3.60. The number of carbonyl (C=O) groups excluding carboxylic acids is 1. The molecule has 1 aliphatic heterocycles. The maximum atomic E-state index is 13.1. The number of rotatable bonds is 5. The summed E-state index contributed by atoms with van der Waals surface area (Å²) in [6.07, 6.45) is 3.31. The van der Waals surface area contributed by atoms with Crippen LogP contribution in [0.5, 0.6) is 5.88 Å². The third-order valence-electron chi connectivity index (χ3n) is 5.03. The lowest BCUT2D eigenvalue weighted by atomic mass is 9.99. The second-order valence-corrected chi connectivity index (χ2v) is 7.09. The van der Waals surface area contributed by atoms with Gasteiger partial charge in [0.1, 0.15) is 6.10 Å². The van der Waals surface area contributed by atoms with E-state index in [1.54, 1.807) is 18.3 Å². The first-order valence-electron chi connectivity index (χ1n) is 9.89. The van der Waals surface area contributed by atoms with E-state index in [9.17, 15) is 4.79 Å². The summed E-state index contributed by atoms with van der Waals surface area (Å²) in [5.74, 6) is 0.492. The molecule has 2 amide bonds. The van der Waals surface area contributed by atoms with Crippen LogP contribution < -0.4 is 10.1 Å². The van der Waals surface area contributed by atoms with Gasteiger partial charge in [-0.2, -0.15) is 5.10 Å². The van der Waals surface area contributed by atoms with E-state index in [1.165, 1.54) is 0 Å². The molecule has 1 atom stereocenters. The van der Waals surface area contributed by atoms with Gasteiger partial charge in [0, 0.05) is 18.8 Å². The monoisotopic (exact) mass is 388 g/mol. The van der Waals surface area contributed by atoms with Crippen LogP contribution in [0.25, 0.3) is 0 Å². The molecule has 1 unspecified atom stereocenters. The zero-order chi connectivity index (χ0) is 19.9. The predicted octanol–water partition coefficient (Wildman–Crippen LogP) is 3.82. The molecule has 3 aromatic rings. The summed E-state index contributed by atoms with van der Waals surface area (Å²) in [6.45, 7) is 1.24. The van der Waals surface area contributed by atoms with Crippen LogP contribution in [0, 0.1) is 0 Å². The van der Waals surface area contributed by atoms with Crippen molar-refractivity contribution >= 4 is 6.03 Å². The Bertz CT molecular complexity index is 866. The van der Waals surface area contributed by atoms with Crippen molar-refractivity contribution in [3.63, 3.8) is 0 Å². The summed E-state index contributed by atoms with van der Waals surface area (Å²) >= 11 is 0. The lowest BCUT2D eigenvalue weighted by molar-refractivity contribution is 0.0963. The molecule has 0 aliphatic carbocycles. The number of amides is 2. The number of ether oxygens (including phenoxy) is 1. The molecule has 2 heterocycles. The second-order valence-electron chi connectivity index (χ2n) is 7.09. The molecule has 29 heavy (non-hydrogen) atoms. The number of nitrogens with one attached hydrogen (secondary N) is 1. The van der Waals surface area contributed by atoms with Crippen LogP contribution in [-0.4, -0.2) is 40.3 Å².